The van der Waals surface area contributed by atoms with E-state index in [-0.39, 0.29) is 5.41 Å². The van der Waals surface area contributed by atoms with Gasteiger partial charge in [-0.1, -0.05) is 38.1 Å². The third-order valence-electron chi connectivity index (χ3n) is 4.55. The molecular formula is C19H23NS. The summed E-state index contributed by atoms with van der Waals surface area (Å²) in [6.07, 6.45) is 4.53. The summed E-state index contributed by atoms with van der Waals surface area (Å²) in [4.78, 5) is 1.31. The molecular weight excluding hydrogens is 274 g/mol. The fourth-order valence-corrected chi connectivity index (χ4v) is 3.66. The Morgan fingerprint density at radius 2 is 1.76 bits per heavy atom. The molecule has 2 heteroatoms. The van der Waals surface area contributed by atoms with Crippen molar-refractivity contribution in [3.05, 3.63) is 59.7 Å². The lowest BCUT2D eigenvalue weighted by Gasteiger charge is -2.37. The van der Waals surface area contributed by atoms with E-state index < -0.39 is 0 Å². The van der Waals surface area contributed by atoms with Crippen molar-refractivity contribution in [2.24, 2.45) is 0 Å². The molecule has 2 aromatic rings. The summed E-state index contributed by atoms with van der Waals surface area (Å²) in [7, 11) is 0. The molecule has 0 fully saturated rings. The Morgan fingerprint density at radius 3 is 2.48 bits per heavy atom. The Labute approximate surface area is 132 Å². The summed E-state index contributed by atoms with van der Waals surface area (Å²) in [5.41, 5.74) is 4.46. The molecule has 110 valence electrons. The van der Waals surface area contributed by atoms with E-state index in [4.69, 9.17) is 0 Å². The van der Waals surface area contributed by atoms with E-state index in [0.29, 0.717) is 6.04 Å². The van der Waals surface area contributed by atoms with Gasteiger partial charge in [0.2, 0.25) is 0 Å². The van der Waals surface area contributed by atoms with E-state index in [1.165, 1.54) is 34.6 Å². The quantitative estimate of drug-likeness (QED) is 0.736. The molecule has 1 N–H and O–H groups in total. The van der Waals surface area contributed by atoms with Crippen LogP contribution in [0.15, 0.2) is 53.4 Å². The number of nitrogens with one attached hydrogen (secondary N) is 1. The van der Waals surface area contributed by atoms with Crippen molar-refractivity contribution in [3.8, 4) is 0 Å². The highest BCUT2D eigenvalue weighted by Gasteiger charge is 2.32. The molecule has 1 aliphatic rings. The third kappa shape index (κ3) is 2.96. The molecule has 0 spiro atoms. The van der Waals surface area contributed by atoms with Crippen molar-refractivity contribution in [2.45, 2.75) is 43.0 Å². The van der Waals surface area contributed by atoms with Crippen LogP contribution >= 0.6 is 11.8 Å². The van der Waals surface area contributed by atoms with Crippen LogP contribution in [-0.4, -0.2) is 6.26 Å². The molecule has 1 unspecified atom stereocenters. The number of rotatable bonds is 3. The van der Waals surface area contributed by atoms with Gasteiger partial charge in [-0.15, -0.1) is 11.8 Å². The monoisotopic (exact) mass is 297 g/mol. The van der Waals surface area contributed by atoms with Gasteiger partial charge in [0.1, 0.15) is 0 Å². The smallest absolute Gasteiger partial charge is 0.0517 e. The molecule has 2 aromatic carbocycles. The molecule has 0 amide bonds. The van der Waals surface area contributed by atoms with Crippen molar-refractivity contribution < 1.29 is 0 Å². The van der Waals surface area contributed by atoms with E-state index in [2.05, 4.69) is 74.0 Å². The van der Waals surface area contributed by atoms with Crippen LogP contribution < -0.4 is 5.32 Å². The number of benzene rings is 2. The zero-order chi connectivity index (χ0) is 14.9. The summed E-state index contributed by atoms with van der Waals surface area (Å²) < 4.78 is 0. The number of hydrogen-bond donors (Lipinski definition) is 1. The van der Waals surface area contributed by atoms with E-state index in [0.717, 1.165) is 0 Å². The highest BCUT2D eigenvalue weighted by molar-refractivity contribution is 7.98. The summed E-state index contributed by atoms with van der Waals surface area (Å²) in [6.45, 7) is 4.71. The Balaban J connectivity index is 1.86. The van der Waals surface area contributed by atoms with Gasteiger partial charge in [-0.2, -0.15) is 0 Å². The lowest BCUT2D eigenvalue weighted by Crippen LogP contribution is -2.29. The first kappa shape index (κ1) is 14.5. The molecule has 0 saturated carbocycles. The van der Waals surface area contributed by atoms with Crippen molar-refractivity contribution in [1.29, 1.82) is 0 Å². The lowest BCUT2D eigenvalue weighted by molar-refractivity contribution is 0.406. The van der Waals surface area contributed by atoms with Crippen LogP contribution in [0, 0.1) is 0 Å². The van der Waals surface area contributed by atoms with Crippen molar-refractivity contribution in [3.63, 3.8) is 0 Å². The molecule has 3 rings (SSSR count). The first-order valence-electron chi connectivity index (χ1n) is 7.60. The Kier molecular flexibility index (Phi) is 3.99. The highest BCUT2D eigenvalue weighted by Crippen LogP contribution is 2.42. The van der Waals surface area contributed by atoms with Crippen LogP contribution in [0.2, 0.25) is 0 Å². The summed E-state index contributed by atoms with van der Waals surface area (Å²) in [5.74, 6) is 0. The van der Waals surface area contributed by atoms with E-state index in [1.807, 2.05) is 0 Å². The van der Waals surface area contributed by atoms with Crippen molar-refractivity contribution in [1.82, 2.24) is 0 Å². The average Bonchev–Trinajstić information content (AvgIpc) is 2.51. The summed E-state index contributed by atoms with van der Waals surface area (Å²) in [6, 6.07) is 18.1. The molecule has 0 heterocycles. The van der Waals surface area contributed by atoms with Gasteiger partial charge in [-0.25, -0.2) is 0 Å². The number of hydrogen-bond acceptors (Lipinski definition) is 2. The number of anilines is 1. The molecule has 0 saturated heterocycles. The first-order valence-corrected chi connectivity index (χ1v) is 8.82. The Bertz CT molecular complexity index is 616. The normalized spacial score (nSPS) is 19.9. The molecule has 21 heavy (non-hydrogen) atoms. The predicted octanol–water partition coefficient (Wildman–Crippen LogP) is 5.63. The van der Waals surface area contributed by atoms with Gasteiger partial charge < -0.3 is 5.32 Å². The third-order valence-corrected chi connectivity index (χ3v) is 5.30. The zero-order valence-corrected chi connectivity index (χ0v) is 13.8. The second-order valence-electron chi connectivity index (χ2n) is 6.44. The van der Waals surface area contributed by atoms with E-state index in [1.54, 1.807) is 11.8 Å². The van der Waals surface area contributed by atoms with E-state index >= 15 is 0 Å². The number of fused-ring (bicyclic) bond motifs is 1. The van der Waals surface area contributed by atoms with Gasteiger partial charge in [0.15, 0.2) is 0 Å². The SMILES string of the molecule is CSc1ccc(NC2CCC(C)(C)c3ccccc32)cc1. The largest absolute Gasteiger partial charge is 0.378 e. The minimum Gasteiger partial charge on any atom is -0.378 e. The highest BCUT2D eigenvalue weighted by atomic mass is 32.2. The van der Waals surface area contributed by atoms with Crippen molar-refractivity contribution in [2.75, 3.05) is 11.6 Å². The topological polar surface area (TPSA) is 12.0 Å². The van der Waals surface area contributed by atoms with Crippen molar-refractivity contribution >= 4 is 17.4 Å². The van der Waals surface area contributed by atoms with Crippen LogP contribution in [0.5, 0.6) is 0 Å². The fraction of sp³-hybridized carbons (Fsp3) is 0.368. The van der Waals surface area contributed by atoms with Gasteiger partial charge in [-0.3, -0.25) is 0 Å². The van der Waals surface area contributed by atoms with Crippen LogP contribution in [0.1, 0.15) is 43.9 Å². The van der Waals surface area contributed by atoms with Crippen LogP contribution in [-0.2, 0) is 5.41 Å². The molecule has 1 atom stereocenters. The van der Waals surface area contributed by atoms with Crippen LogP contribution in [0.25, 0.3) is 0 Å². The molecule has 0 aromatic heterocycles. The predicted molar refractivity (Wildman–Crippen MR) is 93.3 cm³/mol. The van der Waals surface area contributed by atoms with Crippen LogP contribution in [0.4, 0.5) is 5.69 Å². The Hall–Kier alpha value is -1.41. The zero-order valence-electron chi connectivity index (χ0n) is 13.0. The van der Waals surface area contributed by atoms with E-state index in [9.17, 15) is 0 Å². The first-order chi connectivity index (χ1) is 10.1. The average molecular weight is 297 g/mol. The maximum absolute atomic E-state index is 3.72. The standard InChI is InChI=1S/C19H23NS/c1-19(2)13-12-18(16-6-4-5-7-17(16)19)20-14-8-10-15(21-3)11-9-14/h4-11,18,20H,12-13H2,1-3H3. The maximum atomic E-state index is 3.72. The second-order valence-corrected chi connectivity index (χ2v) is 7.31. The lowest BCUT2D eigenvalue weighted by atomic mass is 9.71. The van der Waals surface area contributed by atoms with Gasteiger partial charge >= 0.3 is 0 Å². The number of thioether (sulfide) groups is 1. The fourth-order valence-electron chi connectivity index (χ4n) is 3.25. The van der Waals surface area contributed by atoms with Gasteiger partial charge in [0, 0.05) is 10.6 Å². The summed E-state index contributed by atoms with van der Waals surface area (Å²) in [5, 5.41) is 3.72. The molecule has 0 radical (unpaired) electrons. The Morgan fingerprint density at radius 1 is 1.05 bits per heavy atom. The van der Waals surface area contributed by atoms with Crippen LogP contribution in [0.3, 0.4) is 0 Å². The van der Waals surface area contributed by atoms with Gasteiger partial charge in [0.05, 0.1) is 6.04 Å². The molecule has 0 aliphatic heterocycles. The maximum Gasteiger partial charge on any atom is 0.0517 e. The molecule has 1 aliphatic carbocycles. The summed E-state index contributed by atoms with van der Waals surface area (Å²) >= 11 is 1.78. The minimum atomic E-state index is 0.289. The van der Waals surface area contributed by atoms with Gasteiger partial charge in [-0.05, 0) is 59.9 Å². The molecule has 1 nitrogen and oxygen atoms in total. The van der Waals surface area contributed by atoms with Gasteiger partial charge in [0.25, 0.3) is 0 Å². The second kappa shape index (κ2) is 5.76. The molecule has 0 bridgehead atoms. The minimum absolute atomic E-state index is 0.289.